The smallest absolute Gasteiger partial charge is 0.255 e. The van der Waals surface area contributed by atoms with Crippen LogP contribution in [0.5, 0.6) is 0 Å². The maximum Gasteiger partial charge on any atom is 0.255 e. The SMILES string of the molecule is CC[C@@H](C)c1ccc(NC(=O)c2ccccc2)cc1. The van der Waals surface area contributed by atoms with E-state index in [0.29, 0.717) is 11.5 Å². The molecule has 0 aliphatic carbocycles. The molecule has 2 heteroatoms. The van der Waals surface area contributed by atoms with Gasteiger partial charge in [-0.25, -0.2) is 0 Å². The molecule has 0 unspecified atom stereocenters. The fraction of sp³-hybridized carbons (Fsp3) is 0.235. The van der Waals surface area contributed by atoms with Crippen molar-refractivity contribution in [2.45, 2.75) is 26.2 Å². The van der Waals surface area contributed by atoms with E-state index in [9.17, 15) is 4.79 Å². The van der Waals surface area contributed by atoms with Crippen molar-refractivity contribution >= 4 is 11.6 Å². The Kier molecular flexibility index (Phi) is 4.35. The lowest BCUT2D eigenvalue weighted by Gasteiger charge is -2.10. The van der Waals surface area contributed by atoms with Crippen molar-refractivity contribution in [3.63, 3.8) is 0 Å². The first-order chi connectivity index (χ1) is 9.20. The first-order valence-electron chi connectivity index (χ1n) is 6.67. The third-order valence-corrected chi connectivity index (χ3v) is 3.39. The van der Waals surface area contributed by atoms with E-state index >= 15 is 0 Å². The van der Waals surface area contributed by atoms with Crippen molar-refractivity contribution in [3.8, 4) is 0 Å². The van der Waals surface area contributed by atoms with Crippen LogP contribution in [0.1, 0.15) is 42.1 Å². The minimum absolute atomic E-state index is 0.0723. The predicted octanol–water partition coefficient (Wildman–Crippen LogP) is 4.45. The largest absolute Gasteiger partial charge is 0.322 e. The molecule has 0 heterocycles. The van der Waals surface area contributed by atoms with Crippen LogP contribution >= 0.6 is 0 Å². The van der Waals surface area contributed by atoms with E-state index in [-0.39, 0.29) is 5.91 Å². The van der Waals surface area contributed by atoms with E-state index in [1.165, 1.54) is 5.56 Å². The zero-order valence-electron chi connectivity index (χ0n) is 11.4. The van der Waals surface area contributed by atoms with Crippen LogP contribution in [0.2, 0.25) is 0 Å². The van der Waals surface area contributed by atoms with Crippen molar-refractivity contribution in [1.82, 2.24) is 0 Å². The minimum atomic E-state index is -0.0723. The number of rotatable bonds is 4. The van der Waals surface area contributed by atoms with Crippen molar-refractivity contribution in [2.75, 3.05) is 5.32 Å². The lowest BCUT2D eigenvalue weighted by atomic mass is 9.98. The monoisotopic (exact) mass is 253 g/mol. The third-order valence-electron chi connectivity index (χ3n) is 3.39. The number of anilines is 1. The molecule has 1 N–H and O–H groups in total. The van der Waals surface area contributed by atoms with Crippen LogP contribution in [-0.2, 0) is 0 Å². The minimum Gasteiger partial charge on any atom is -0.322 e. The van der Waals surface area contributed by atoms with Crippen LogP contribution in [0.4, 0.5) is 5.69 Å². The van der Waals surface area contributed by atoms with Crippen LogP contribution in [0.25, 0.3) is 0 Å². The summed E-state index contributed by atoms with van der Waals surface area (Å²) in [7, 11) is 0. The van der Waals surface area contributed by atoms with Crippen molar-refractivity contribution in [3.05, 3.63) is 65.7 Å². The van der Waals surface area contributed by atoms with Crippen molar-refractivity contribution in [1.29, 1.82) is 0 Å². The number of hydrogen-bond donors (Lipinski definition) is 1. The molecule has 2 nitrogen and oxygen atoms in total. The zero-order chi connectivity index (χ0) is 13.7. The number of carbonyl (C=O) groups is 1. The summed E-state index contributed by atoms with van der Waals surface area (Å²) in [5.74, 6) is 0.482. The summed E-state index contributed by atoms with van der Waals surface area (Å²) in [6, 6.07) is 17.3. The number of hydrogen-bond acceptors (Lipinski definition) is 1. The van der Waals surface area contributed by atoms with Crippen molar-refractivity contribution < 1.29 is 4.79 Å². The maximum absolute atomic E-state index is 12.0. The van der Waals surface area contributed by atoms with Gasteiger partial charge >= 0.3 is 0 Å². The van der Waals surface area contributed by atoms with Gasteiger partial charge in [0.2, 0.25) is 0 Å². The molecule has 0 fully saturated rings. The maximum atomic E-state index is 12.0. The van der Waals surface area contributed by atoms with Gasteiger partial charge in [-0.05, 0) is 42.2 Å². The van der Waals surface area contributed by atoms with Crippen LogP contribution in [-0.4, -0.2) is 5.91 Å². The quantitative estimate of drug-likeness (QED) is 0.856. The summed E-state index contributed by atoms with van der Waals surface area (Å²) in [5, 5.41) is 2.90. The van der Waals surface area contributed by atoms with Crippen LogP contribution < -0.4 is 5.32 Å². The molecular weight excluding hydrogens is 234 g/mol. The highest BCUT2D eigenvalue weighted by Gasteiger charge is 2.06. The van der Waals surface area contributed by atoms with Gasteiger partial charge in [-0.15, -0.1) is 0 Å². The Labute approximate surface area is 114 Å². The third kappa shape index (κ3) is 3.44. The van der Waals surface area contributed by atoms with Gasteiger partial charge in [-0.3, -0.25) is 4.79 Å². The average molecular weight is 253 g/mol. The first-order valence-corrected chi connectivity index (χ1v) is 6.67. The second kappa shape index (κ2) is 6.19. The molecule has 0 spiro atoms. The lowest BCUT2D eigenvalue weighted by Crippen LogP contribution is -2.11. The van der Waals surface area contributed by atoms with E-state index < -0.39 is 0 Å². The molecule has 2 rings (SSSR count). The van der Waals surface area contributed by atoms with Gasteiger partial charge in [-0.2, -0.15) is 0 Å². The normalized spacial score (nSPS) is 11.9. The van der Waals surface area contributed by atoms with Gasteiger partial charge in [-0.1, -0.05) is 44.2 Å². The van der Waals surface area contributed by atoms with Gasteiger partial charge in [0.1, 0.15) is 0 Å². The van der Waals surface area contributed by atoms with E-state index in [2.05, 4.69) is 31.3 Å². The Morgan fingerprint density at radius 1 is 1.05 bits per heavy atom. The Bertz CT molecular complexity index is 531. The molecule has 0 radical (unpaired) electrons. The highest BCUT2D eigenvalue weighted by molar-refractivity contribution is 6.04. The second-order valence-corrected chi connectivity index (χ2v) is 4.75. The van der Waals surface area contributed by atoms with E-state index in [0.717, 1.165) is 12.1 Å². The fourth-order valence-corrected chi connectivity index (χ4v) is 1.92. The average Bonchev–Trinajstić information content (AvgIpc) is 2.48. The lowest BCUT2D eigenvalue weighted by molar-refractivity contribution is 0.102. The molecule has 0 aliphatic heterocycles. The topological polar surface area (TPSA) is 29.1 Å². The molecular formula is C17H19NO. The Hall–Kier alpha value is -2.09. The standard InChI is InChI=1S/C17H19NO/c1-3-13(2)14-9-11-16(12-10-14)18-17(19)15-7-5-4-6-8-15/h4-13H,3H2,1-2H3,(H,18,19)/t13-/m1/s1. The van der Waals surface area contributed by atoms with Gasteiger partial charge in [0.25, 0.3) is 5.91 Å². The molecule has 98 valence electrons. The predicted molar refractivity (Wildman–Crippen MR) is 79.5 cm³/mol. The van der Waals surface area contributed by atoms with Crippen LogP contribution in [0.3, 0.4) is 0 Å². The highest BCUT2D eigenvalue weighted by atomic mass is 16.1. The Balaban J connectivity index is 2.06. The fourth-order valence-electron chi connectivity index (χ4n) is 1.92. The summed E-state index contributed by atoms with van der Waals surface area (Å²) in [5.41, 5.74) is 2.81. The van der Waals surface area contributed by atoms with Gasteiger partial charge in [0.15, 0.2) is 0 Å². The molecule has 0 saturated heterocycles. The van der Waals surface area contributed by atoms with Gasteiger partial charge in [0.05, 0.1) is 0 Å². The molecule has 0 aromatic heterocycles. The van der Waals surface area contributed by atoms with E-state index in [1.807, 2.05) is 42.5 Å². The summed E-state index contributed by atoms with van der Waals surface area (Å²) in [6.07, 6.45) is 1.12. The van der Waals surface area contributed by atoms with E-state index in [1.54, 1.807) is 0 Å². The molecule has 1 amide bonds. The second-order valence-electron chi connectivity index (χ2n) is 4.75. The molecule has 2 aromatic rings. The number of amides is 1. The molecule has 19 heavy (non-hydrogen) atoms. The van der Waals surface area contributed by atoms with Crippen LogP contribution in [0.15, 0.2) is 54.6 Å². The van der Waals surface area contributed by atoms with Gasteiger partial charge < -0.3 is 5.32 Å². The summed E-state index contributed by atoms with van der Waals surface area (Å²) in [6.45, 7) is 4.38. The molecule has 0 saturated carbocycles. The van der Waals surface area contributed by atoms with Crippen molar-refractivity contribution in [2.24, 2.45) is 0 Å². The summed E-state index contributed by atoms with van der Waals surface area (Å²) in [4.78, 5) is 12.0. The summed E-state index contributed by atoms with van der Waals surface area (Å²) < 4.78 is 0. The zero-order valence-corrected chi connectivity index (χ0v) is 11.4. The highest BCUT2D eigenvalue weighted by Crippen LogP contribution is 2.20. The molecule has 0 aliphatic rings. The molecule has 2 aromatic carbocycles. The molecule has 1 atom stereocenters. The summed E-state index contributed by atoms with van der Waals surface area (Å²) >= 11 is 0. The Morgan fingerprint density at radius 3 is 2.26 bits per heavy atom. The van der Waals surface area contributed by atoms with Crippen LogP contribution in [0, 0.1) is 0 Å². The number of nitrogens with one attached hydrogen (secondary N) is 1. The number of carbonyl (C=O) groups excluding carboxylic acids is 1. The number of benzene rings is 2. The van der Waals surface area contributed by atoms with Gasteiger partial charge in [0, 0.05) is 11.3 Å². The molecule has 0 bridgehead atoms. The first kappa shape index (κ1) is 13.3. The van der Waals surface area contributed by atoms with E-state index in [4.69, 9.17) is 0 Å². The Morgan fingerprint density at radius 2 is 1.68 bits per heavy atom.